The second kappa shape index (κ2) is 7.25. The van der Waals surface area contributed by atoms with Crippen LogP contribution < -0.4 is 5.73 Å². The van der Waals surface area contributed by atoms with Gasteiger partial charge >= 0.3 is 0 Å². The number of nitrogens with two attached hydrogens (primary N) is 1. The van der Waals surface area contributed by atoms with Gasteiger partial charge in [-0.2, -0.15) is 4.31 Å². The maximum Gasteiger partial charge on any atom is 0.260 e. The van der Waals surface area contributed by atoms with Gasteiger partial charge in [-0.15, -0.1) is 0 Å². The monoisotopic (exact) mass is 337 g/mol. The molecule has 23 heavy (non-hydrogen) atoms. The van der Waals surface area contributed by atoms with E-state index in [1.165, 1.54) is 25.5 Å². The van der Waals surface area contributed by atoms with E-state index >= 15 is 0 Å². The lowest BCUT2D eigenvalue weighted by atomic mass is 10.0. The van der Waals surface area contributed by atoms with Crippen LogP contribution in [0.15, 0.2) is 23.4 Å². The summed E-state index contributed by atoms with van der Waals surface area (Å²) in [7, 11) is -3.56. The number of rotatable bonds is 4. The van der Waals surface area contributed by atoms with Crippen molar-refractivity contribution < 1.29 is 8.42 Å². The van der Waals surface area contributed by atoms with Crippen molar-refractivity contribution in [3.05, 3.63) is 30.3 Å². The zero-order chi connectivity index (χ0) is 16.3. The summed E-state index contributed by atoms with van der Waals surface area (Å²) in [6, 6.07) is 3.62. The van der Waals surface area contributed by atoms with Crippen molar-refractivity contribution in [2.45, 2.75) is 43.3 Å². The maximum absolute atomic E-state index is 12.9. The van der Waals surface area contributed by atoms with Crippen molar-refractivity contribution in [1.29, 1.82) is 0 Å². The minimum absolute atomic E-state index is 0.105. The smallest absolute Gasteiger partial charge is 0.260 e. The summed E-state index contributed by atoms with van der Waals surface area (Å²) in [5.74, 6) is 0. The van der Waals surface area contributed by atoms with Crippen molar-refractivity contribution in [1.82, 2.24) is 14.2 Å². The van der Waals surface area contributed by atoms with Crippen LogP contribution in [0.5, 0.6) is 0 Å². The number of pyridine rings is 1. The predicted octanol–water partition coefficient (Wildman–Crippen LogP) is 0.993. The molecule has 2 fully saturated rings. The first-order valence-corrected chi connectivity index (χ1v) is 9.76. The lowest BCUT2D eigenvalue weighted by molar-refractivity contribution is 0.129. The average molecular weight is 337 g/mol. The van der Waals surface area contributed by atoms with Crippen LogP contribution in [0.25, 0.3) is 0 Å². The van der Waals surface area contributed by atoms with E-state index in [0.717, 1.165) is 25.1 Å². The van der Waals surface area contributed by atoms with E-state index < -0.39 is 10.0 Å². The second-order valence-corrected chi connectivity index (χ2v) is 8.19. The fraction of sp³-hybridized carbons (Fsp3) is 0.625. The van der Waals surface area contributed by atoms with Gasteiger partial charge in [0.05, 0.1) is 0 Å². The molecule has 2 N–H and O–H groups in total. The molecule has 1 unspecified atom stereocenters. The largest absolute Gasteiger partial charge is 0.326 e. The predicted molar refractivity (Wildman–Crippen MR) is 89.0 cm³/mol. The molecule has 3 rings (SSSR count). The molecule has 0 amide bonds. The Bertz CT molecular complexity index is 629. The number of sulfonamides is 1. The number of likely N-dealkylation sites (tertiary alicyclic amines) is 1. The normalized spacial score (nSPS) is 24.7. The lowest BCUT2D eigenvalue weighted by Crippen LogP contribution is -2.51. The molecule has 6 nitrogen and oxygen atoms in total. The first kappa shape index (κ1) is 16.8. The molecule has 0 aliphatic carbocycles. The van der Waals surface area contributed by atoms with Crippen molar-refractivity contribution in [2.75, 3.05) is 26.2 Å². The summed E-state index contributed by atoms with van der Waals surface area (Å²) in [5, 5.41) is 0.105. The summed E-state index contributed by atoms with van der Waals surface area (Å²) < 4.78 is 27.3. The molecule has 0 bridgehead atoms. The van der Waals surface area contributed by atoms with E-state index in [1.54, 1.807) is 16.4 Å². The quantitative estimate of drug-likeness (QED) is 0.886. The first-order valence-electron chi connectivity index (χ1n) is 8.32. The Hall–Kier alpha value is -1.02. The highest BCUT2D eigenvalue weighted by atomic mass is 32.2. The lowest BCUT2D eigenvalue weighted by Gasteiger charge is -2.40. The standard InChI is InChI=1S/C16H25N4O2S/c17-12-14-6-7-18-16(11-14)23(21,22)20-10-4-5-15(13-20)19-8-2-1-3-9-19/h4,6-7,11,15H,1-3,5,8-10,12-13,17H2. The Morgan fingerprint density at radius 2 is 2.04 bits per heavy atom. The van der Waals surface area contributed by atoms with Gasteiger partial charge in [-0.1, -0.05) is 6.42 Å². The highest BCUT2D eigenvalue weighted by Gasteiger charge is 2.34. The third kappa shape index (κ3) is 3.74. The summed E-state index contributed by atoms with van der Waals surface area (Å²) in [6.45, 7) is 3.47. The zero-order valence-electron chi connectivity index (χ0n) is 13.4. The summed E-state index contributed by atoms with van der Waals surface area (Å²) >= 11 is 0. The Morgan fingerprint density at radius 3 is 2.78 bits per heavy atom. The van der Waals surface area contributed by atoms with Gasteiger partial charge in [0.1, 0.15) is 0 Å². The summed E-state index contributed by atoms with van der Waals surface area (Å²) in [6.07, 6.45) is 8.26. The van der Waals surface area contributed by atoms with Crippen LogP contribution in [-0.2, 0) is 16.6 Å². The Morgan fingerprint density at radius 1 is 1.26 bits per heavy atom. The van der Waals surface area contributed by atoms with Crippen molar-refractivity contribution in [2.24, 2.45) is 5.73 Å². The van der Waals surface area contributed by atoms with Crippen molar-refractivity contribution in [3.63, 3.8) is 0 Å². The van der Waals surface area contributed by atoms with Crippen LogP contribution in [0.1, 0.15) is 31.2 Å². The molecule has 0 aromatic carbocycles. The van der Waals surface area contributed by atoms with E-state index in [1.807, 2.05) is 0 Å². The minimum atomic E-state index is -3.56. The van der Waals surface area contributed by atoms with E-state index in [-0.39, 0.29) is 11.1 Å². The molecule has 127 valence electrons. The molecule has 2 saturated heterocycles. The van der Waals surface area contributed by atoms with Gasteiger partial charge in [0, 0.05) is 31.9 Å². The van der Waals surface area contributed by atoms with E-state index in [4.69, 9.17) is 5.73 Å². The number of hydrogen-bond acceptors (Lipinski definition) is 5. The van der Waals surface area contributed by atoms with Gasteiger partial charge in [-0.3, -0.25) is 4.90 Å². The molecule has 1 aromatic heterocycles. The average Bonchev–Trinajstić information content (AvgIpc) is 2.62. The third-order valence-electron chi connectivity index (χ3n) is 4.73. The molecule has 0 saturated carbocycles. The van der Waals surface area contributed by atoms with Crippen molar-refractivity contribution in [3.8, 4) is 0 Å². The molecule has 3 heterocycles. The first-order chi connectivity index (χ1) is 11.1. The van der Waals surface area contributed by atoms with Crippen LogP contribution in [0.4, 0.5) is 0 Å². The van der Waals surface area contributed by atoms with Gasteiger partial charge in [-0.05, 0) is 56.5 Å². The van der Waals surface area contributed by atoms with Gasteiger partial charge in [0.15, 0.2) is 5.03 Å². The molecule has 0 spiro atoms. The van der Waals surface area contributed by atoms with Crippen molar-refractivity contribution >= 4 is 10.0 Å². The number of piperidine rings is 2. The zero-order valence-corrected chi connectivity index (χ0v) is 14.2. The van der Waals surface area contributed by atoms with Gasteiger partial charge in [0.2, 0.25) is 0 Å². The van der Waals surface area contributed by atoms with Gasteiger partial charge in [0.25, 0.3) is 10.0 Å². The molecular weight excluding hydrogens is 312 g/mol. The molecular formula is C16H25N4O2S. The van der Waals surface area contributed by atoms with Gasteiger partial charge < -0.3 is 5.73 Å². The second-order valence-electron chi connectivity index (χ2n) is 6.30. The SMILES string of the molecule is NCc1ccnc(S(=O)(=O)N2C[CH]CC(N3CCCCC3)C2)c1. The van der Waals surface area contributed by atoms with E-state index in [0.29, 0.717) is 19.6 Å². The number of aromatic nitrogens is 1. The van der Waals surface area contributed by atoms with Crippen LogP contribution in [0.3, 0.4) is 0 Å². The maximum atomic E-state index is 12.9. The fourth-order valence-corrected chi connectivity index (χ4v) is 4.82. The Kier molecular flexibility index (Phi) is 5.31. The fourth-order valence-electron chi connectivity index (χ4n) is 3.39. The molecule has 2 aliphatic rings. The van der Waals surface area contributed by atoms with Crippen LogP contribution in [0, 0.1) is 6.42 Å². The highest BCUT2D eigenvalue weighted by Crippen LogP contribution is 2.24. The molecule has 2 aliphatic heterocycles. The minimum Gasteiger partial charge on any atom is -0.326 e. The van der Waals surface area contributed by atoms with Crippen LogP contribution in [-0.4, -0.2) is 54.8 Å². The van der Waals surface area contributed by atoms with Gasteiger partial charge in [-0.25, -0.2) is 13.4 Å². The van der Waals surface area contributed by atoms with Crippen LogP contribution >= 0.6 is 0 Å². The molecule has 1 aromatic rings. The number of hydrogen-bond donors (Lipinski definition) is 1. The Labute approximate surface area is 138 Å². The van der Waals surface area contributed by atoms with Crippen LogP contribution in [0.2, 0.25) is 0 Å². The highest BCUT2D eigenvalue weighted by molar-refractivity contribution is 7.89. The topological polar surface area (TPSA) is 79.5 Å². The summed E-state index contributed by atoms with van der Waals surface area (Å²) in [4.78, 5) is 6.50. The summed E-state index contributed by atoms with van der Waals surface area (Å²) in [5.41, 5.74) is 6.40. The van der Waals surface area contributed by atoms with E-state index in [9.17, 15) is 8.42 Å². The molecule has 1 atom stereocenters. The molecule has 7 heteroatoms. The number of nitrogens with zero attached hydrogens (tertiary/aromatic N) is 3. The van der Waals surface area contributed by atoms with E-state index in [2.05, 4.69) is 16.3 Å². The third-order valence-corrected chi connectivity index (χ3v) is 6.46. The Balaban J connectivity index is 1.76. The molecule has 1 radical (unpaired) electrons.